The lowest BCUT2D eigenvalue weighted by atomic mass is 9.88. The minimum atomic E-state index is -1.80. The van der Waals surface area contributed by atoms with Gasteiger partial charge in [-0.15, -0.1) is 0 Å². The Bertz CT molecular complexity index is 325. The van der Waals surface area contributed by atoms with Gasteiger partial charge in [0.25, 0.3) is 0 Å². The number of fused-ring (bicyclic) bond motifs is 2. The average molecular weight is 311 g/mol. The molecule has 0 saturated heterocycles. The molecule has 0 aromatic heterocycles. The predicted octanol–water partition coefficient (Wildman–Crippen LogP) is 5.29. The van der Waals surface area contributed by atoms with Gasteiger partial charge in [0.1, 0.15) is 0 Å². The molecule has 2 nitrogen and oxygen atoms in total. The Kier molecular flexibility index (Phi) is 6.97. The maximum Gasteiger partial charge on any atom is 0.334 e. The molecule has 0 heterocycles. The van der Waals surface area contributed by atoms with Crippen molar-refractivity contribution < 1.29 is 8.85 Å². The molecule has 0 spiro atoms. The van der Waals surface area contributed by atoms with E-state index in [0.29, 0.717) is 0 Å². The van der Waals surface area contributed by atoms with Crippen LogP contribution in [0, 0.1) is 17.8 Å². The van der Waals surface area contributed by atoms with Crippen molar-refractivity contribution in [3.8, 4) is 0 Å². The van der Waals surface area contributed by atoms with Crippen LogP contribution in [0.25, 0.3) is 0 Å². The third-order valence-electron chi connectivity index (χ3n) is 5.74. The van der Waals surface area contributed by atoms with Gasteiger partial charge in [-0.2, -0.15) is 0 Å². The zero-order valence-electron chi connectivity index (χ0n) is 14.3. The summed E-state index contributed by atoms with van der Waals surface area (Å²) in [6.45, 7) is 2.16. The van der Waals surface area contributed by atoms with E-state index in [1.54, 1.807) is 14.2 Å². The van der Waals surface area contributed by atoms with Crippen LogP contribution in [-0.2, 0) is 8.85 Å². The first-order valence-corrected chi connectivity index (χ1v) is 11.5. The van der Waals surface area contributed by atoms with Crippen molar-refractivity contribution in [2.45, 2.75) is 70.4 Å². The summed E-state index contributed by atoms with van der Waals surface area (Å²) in [5.41, 5.74) is 0. The summed E-state index contributed by atoms with van der Waals surface area (Å²) in [6, 6.07) is 1.14. The maximum atomic E-state index is 5.52. The fraction of sp³-hybridized carbons (Fsp3) is 0.889. The van der Waals surface area contributed by atoms with Crippen LogP contribution in [0.1, 0.15) is 57.8 Å². The van der Waals surface area contributed by atoms with E-state index in [1.165, 1.54) is 57.8 Å². The second-order valence-corrected chi connectivity index (χ2v) is 10.8. The van der Waals surface area contributed by atoms with Crippen molar-refractivity contribution in [3.05, 3.63) is 12.2 Å². The molecule has 3 atom stereocenters. The Morgan fingerprint density at radius 2 is 1.57 bits per heavy atom. The largest absolute Gasteiger partial charge is 0.398 e. The van der Waals surface area contributed by atoms with Crippen LogP contribution in [0.5, 0.6) is 0 Å². The number of unbranched alkanes of at least 4 members (excludes halogenated alkanes) is 5. The normalized spacial score (nSPS) is 27.7. The molecular formula is C18H34O2Si. The Labute approximate surface area is 132 Å². The van der Waals surface area contributed by atoms with Crippen molar-refractivity contribution in [1.29, 1.82) is 0 Å². The summed E-state index contributed by atoms with van der Waals surface area (Å²) < 4.78 is 11.0. The third kappa shape index (κ3) is 5.22. The number of rotatable bonds is 11. The van der Waals surface area contributed by atoms with Crippen LogP contribution >= 0.6 is 0 Å². The zero-order valence-corrected chi connectivity index (χ0v) is 15.3. The molecule has 3 heteroatoms. The van der Waals surface area contributed by atoms with Crippen molar-refractivity contribution in [2.75, 3.05) is 14.2 Å². The molecule has 3 unspecified atom stereocenters. The van der Waals surface area contributed by atoms with E-state index in [4.69, 9.17) is 8.85 Å². The first-order chi connectivity index (χ1) is 10.2. The van der Waals surface area contributed by atoms with Crippen LogP contribution in [0.15, 0.2) is 12.2 Å². The van der Waals surface area contributed by atoms with Gasteiger partial charge >= 0.3 is 8.56 Å². The molecule has 0 aromatic carbocycles. The molecule has 2 bridgehead atoms. The van der Waals surface area contributed by atoms with Crippen molar-refractivity contribution in [1.82, 2.24) is 0 Å². The van der Waals surface area contributed by atoms with E-state index < -0.39 is 8.56 Å². The lowest BCUT2D eigenvalue weighted by Gasteiger charge is -2.22. The zero-order chi connectivity index (χ0) is 15.1. The van der Waals surface area contributed by atoms with E-state index in [0.717, 1.165) is 23.8 Å². The fourth-order valence-electron chi connectivity index (χ4n) is 4.07. The molecule has 21 heavy (non-hydrogen) atoms. The van der Waals surface area contributed by atoms with E-state index in [1.807, 2.05) is 0 Å². The van der Waals surface area contributed by atoms with Crippen molar-refractivity contribution in [2.24, 2.45) is 17.8 Å². The SMILES string of the molecule is CO[Si](C)(CCCCCCCCC1CC2C=CC1C2)OC. The third-order valence-corrected chi connectivity index (χ3v) is 8.72. The lowest BCUT2D eigenvalue weighted by Crippen LogP contribution is -2.35. The van der Waals surface area contributed by atoms with Gasteiger partial charge in [-0.05, 0) is 49.6 Å². The monoisotopic (exact) mass is 310 g/mol. The van der Waals surface area contributed by atoms with Gasteiger partial charge in [0.05, 0.1) is 0 Å². The molecule has 0 aromatic rings. The van der Waals surface area contributed by atoms with Gasteiger partial charge in [-0.1, -0.05) is 50.7 Å². The van der Waals surface area contributed by atoms with Crippen LogP contribution in [0.4, 0.5) is 0 Å². The molecular weight excluding hydrogens is 276 g/mol. The maximum absolute atomic E-state index is 5.52. The van der Waals surface area contributed by atoms with Crippen LogP contribution in [0.3, 0.4) is 0 Å². The number of hydrogen-bond acceptors (Lipinski definition) is 2. The first kappa shape index (κ1) is 17.2. The predicted molar refractivity (Wildman–Crippen MR) is 91.6 cm³/mol. The van der Waals surface area contributed by atoms with E-state index in [9.17, 15) is 0 Å². The summed E-state index contributed by atoms with van der Waals surface area (Å²) in [6.07, 6.45) is 17.7. The minimum Gasteiger partial charge on any atom is -0.398 e. The second kappa shape index (κ2) is 8.49. The quantitative estimate of drug-likeness (QED) is 0.293. The van der Waals surface area contributed by atoms with Gasteiger partial charge in [0, 0.05) is 14.2 Å². The van der Waals surface area contributed by atoms with E-state index in [-0.39, 0.29) is 0 Å². The highest BCUT2D eigenvalue weighted by Gasteiger charge is 2.34. The molecule has 0 N–H and O–H groups in total. The molecule has 1 fully saturated rings. The van der Waals surface area contributed by atoms with Crippen LogP contribution in [-0.4, -0.2) is 22.8 Å². The summed E-state index contributed by atoms with van der Waals surface area (Å²) in [5.74, 6) is 2.91. The van der Waals surface area contributed by atoms with Gasteiger partial charge in [0.2, 0.25) is 0 Å². The smallest absolute Gasteiger partial charge is 0.334 e. The number of allylic oxidation sites excluding steroid dienone is 2. The molecule has 2 aliphatic rings. The second-order valence-electron chi connectivity index (χ2n) is 7.24. The molecule has 2 rings (SSSR count). The summed E-state index contributed by atoms with van der Waals surface area (Å²) in [7, 11) is 1.78. The van der Waals surface area contributed by atoms with E-state index >= 15 is 0 Å². The molecule has 1 saturated carbocycles. The summed E-state index contributed by atoms with van der Waals surface area (Å²) >= 11 is 0. The topological polar surface area (TPSA) is 18.5 Å². The van der Waals surface area contributed by atoms with Gasteiger partial charge in [-0.3, -0.25) is 0 Å². The first-order valence-electron chi connectivity index (χ1n) is 8.95. The molecule has 122 valence electrons. The van der Waals surface area contributed by atoms with Crippen LogP contribution in [0.2, 0.25) is 12.6 Å². The Morgan fingerprint density at radius 3 is 2.14 bits per heavy atom. The Balaban J connectivity index is 1.41. The van der Waals surface area contributed by atoms with Crippen molar-refractivity contribution >= 4 is 8.56 Å². The van der Waals surface area contributed by atoms with Gasteiger partial charge in [-0.25, -0.2) is 0 Å². The van der Waals surface area contributed by atoms with E-state index in [2.05, 4.69) is 18.7 Å². The highest BCUT2D eigenvalue weighted by atomic mass is 28.4. The fourth-order valence-corrected chi connectivity index (χ4v) is 5.54. The molecule has 2 aliphatic carbocycles. The van der Waals surface area contributed by atoms with Gasteiger partial charge < -0.3 is 8.85 Å². The Morgan fingerprint density at radius 1 is 0.905 bits per heavy atom. The van der Waals surface area contributed by atoms with Gasteiger partial charge in [0.15, 0.2) is 0 Å². The Hall–Kier alpha value is -0.123. The van der Waals surface area contributed by atoms with Crippen molar-refractivity contribution in [3.63, 3.8) is 0 Å². The minimum absolute atomic E-state index is 0.944. The van der Waals surface area contributed by atoms with Crippen LogP contribution < -0.4 is 0 Å². The molecule has 0 radical (unpaired) electrons. The summed E-state index contributed by atoms with van der Waals surface area (Å²) in [5, 5.41) is 0. The highest BCUT2D eigenvalue weighted by molar-refractivity contribution is 6.65. The highest BCUT2D eigenvalue weighted by Crippen LogP contribution is 2.45. The molecule has 0 amide bonds. The average Bonchev–Trinajstić information content (AvgIpc) is 3.12. The number of hydrogen-bond donors (Lipinski definition) is 0. The lowest BCUT2D eigenvalue weighted by molar-refractivity contribution is 0.248. The standard InChI is InChI=1S/C18H34O2Si/c1-19-21(3,20-2)13-9-7-5-4-6-8-10-17-14-16-11-12-18(17)15-16/h11-12,16-18H,4-10,13-15H2,1-3H3. The summed E-state index contributed by atoms with van der Waals surface area (Å²) in [4.78, 5) is 0. The molecule has 0 aliphatic heterocycles.